The number of rotatable bonds is 3. The number of fused-ring (bicyclic) bond motifs is 2. The van der Waals surface area contributed by atoms with Crippen molar-refractivity contribution in [3.05, 3.63) is 89.0 Å². The van der Waals surface area contributed by atoms with E-state index in [0.29, 0.717) is 25.1 Å². The average molecular weight is 419 g/mol. The maximum absolute atomic E-state index is 13.3. The predicted molar refractivity (Wildman–Crippen MR) is 118 cm³/mol. The Kier molecular flexibility index (Phi) is 4.40. The van der Waals surface area contributed by atoms with Crippen LogP contribution in [-0.4, -0.2) is 27.4 Å². The average Bonchev–Trinajstić information content (AvgIpc) is 3.38. The Morgan fingerprint density at radius 3 is 2.37 bits per heavy atom. The maximum Gasteiger partial charge on any atom is 0.264 e. The molecular weight excluding hydrogens is 396 g/mol. The Balaban J connectivity index is 1.46. The smallest absolute Gasteiger partial charge is 0.264 e. The normalized spacial score (nSPS) is 15.2. The van der Waals surface area contributed by atoms with Crippen molar-refractivity contribution in [1.29, 1.82) is 0 Å². The van der Waals surface area contributed by atoms with Crippen LogP contribution >= 0.6 is 0 Å². The van der Waals surface area contributed by atoms with Crippen molar-refractivity contribution >= 4 is 27.3 Å². The molecule has 0 atom stereocenters. The van der Waals surface area contributed by atoms with Crippen molar-refractivity contribution in [3.8, 4) is 0 Å². The molecule has 0 aliphatic carbocycles. The van der Waals surface area contributed by atoms with E-state index in [1.54, 1.807) is 23.1 Å². The molecule has 152 valence electrons. The Morgan fingerprint density at radius 2 is 1.57 bits per heavy atom. The van der Waals surface area contributed by atoms with Crippen LogP contribution in [0, 0.1) is 6.92 Å². The van der Waals surface area contributed by atoms with Gasteiger partial charge in [0, 0.05) is 24.3 Å². The molecule has 5 nitrogen and oxygen atoms in total. The lowest BCUT2D eigenvalue weighted by Crippen LogP contribution is -2.29. The summed E-state index contributed by atoms with van der Waals surface area (Å²) in [4.78, 5) is 15.0. The topological polar surface area (TPSA) is 57.7 Å². The Hall–Kier alpha value is -3.12. The molecule has 2 aliphatic rings. The molecule has 30 heavy (non-hydrogen) atoms. The van der Waals surface area contributed by atoms with Gasteiger partial charge < -0.3 is 4.90 Å². The summed E-state index contributed by atoms with van der Waals surface area (Å²) in [5, 5.41) is 0. The predicted octanol–water partition coefficient (Wildman–Crippen LogP) is 3.95. The van der Waals surface area contributed by atoms with Gasteiger partial charge in [-0.1, -0.05) is 35.9 Å². The number of aryl methyl sites for hydroxylation is 1. The number of anilines is 2. The van der Waals surface area contributed by atoms with Gasteiger partial charge in [0.05, 0.1) is 10.6 Å². The Morgan fingerprint density at radius 1 is 0.833 bits per heavy atom. The summed E-state index contributed by atoms with van der Waals surface area (Å²) in [6.07, 6.45) is 1.37. The number of para-hydroxylation sites is 1. The first-order valence-electron chi connectivity index (χ1n) is 10.1. The molecule has 6 heteroatoms. The van der Waals surface area contributed by atoms with E-state index in [9.17, 15) is 13.2 Å². The van der Waals surface area contributed by atoms with Crippen LogP contribution in [0.1, 0.15) is 27.0 Å². The van der Waals surface area contributed by atoms with Crippen molar-refractivity contribution in [2.45, 2.75) is 24.7 Å². The third-order valence-electron chi connectivity index (χ3n) is 5.92. The number of benzene rings is 3. The summed E-state index contributed by atoms with van der Waals surface area (Å²) in [5.41, 5.74) is 5.24. The summed E-state index contributed by atoms with van der Waals surface area (Å²) in [6, 6.07) is 20.3. The SMILES string of the molecule is Cc1ccc(C(=O)N2CCc3cc(S(=O)(=O)N4CCc5ccccc54)ccc32)cc1. The molecule has 0 spiro atoms. The summed E-state index contributed by atoms with van der Waals surface area (Å²) in [6.45, 7) is 3.00. The lowest BCUT2D eigenvalue weighted by Gasteiger charge is -2.21. The monoisotopic (exact) mass is 418 g/mol. The van der Waals surface area contributed by atoms with Crippen LogP contribution in [0.25, 0.3) is 0 Å². The van der Waals surface area contributed by atoms with Crippen LogP contribution in [0.5, 0.6) is 0 Å². The van der Waals surface area contributed by atoms with E-state index in [-0.39, 0.29) is 10.8 Å². The van der Waals surface area contributed by atoms with Crippen LogP contribution in [0.4, 0.5) is 11.4 Å². The van der Waals surface area contributed by atoms with E-state index >= 15 is 0 Å². The van der Waals surface area contributed by atoms with Gasteiger partial charge in [-0.15, -0.1) is 0 Å². The zero-order valence-corrected chi connectivity index (χ0v) is 17.5. The lowest BCUT2D eigenvalue weighted by molar-refractivity contribution is 0.0989. The largest absolute Gasteiger partial charge is 0.308 e. The van der Waals surface area contributed by atoms with Gasteiger partial charge >= 0.3 is 0 Å². The van der Waals surface area contributed by atoms with E-state index in [4.69, 9.17) is 0 Å². The van der Waals surface area contributed by atoms with Crippen molar-refractivity contribution < 1.29 is 13.2 Å². The van der Waals surface area contributed by atoms with Crippen LogP contribution in [0.3, 0.4) is 0 Å². The van der Waals surface area contributed by atoms with Gasteiger partial charge in [-0.05, 0) is 67.3 Å². The van der Waals surface area contributed by atoms with Gasteiger partial charge in [-0.25, -0.2) is 8.42 Å². The van der Waals surface area contributed by atoms with E-state index in [1.165, 1.54) is 4.31 Å². The standard InChI is InChI=1S/C24H22N2O3S/c1-17-6-8-19(9-7-17)24(27)25-14-12-20-16-21(10-11-22(20)25)30(28,29)26-15-13-18-4-2-3-5-23(18)26/h2-11,16H,12-15H2,1H3. The third-order valence-corrected chi connectivity index (χ3v) is 7.73. The summed E-state index contributed by atoms with van der Waals surface area (Å²) in [7, 11) is -3.64. The highest BCUT2D eigenvalue weighted by Gasteiger charge is 2.32. The summed E-state index contributed by atoms with van der Waals surface area (Å²) >= 11 is 0. The zero-order chi connectivity index (χ0) is 20.9. The number of hydrogen-bond donors (Lipinski definition) is 0. The van der Waals surface area contributed by atoms with Gasteiger partial charge in [-0.2, -0.15) is 0 Å². The molecule has 3 aromatic carbocycles. The molecule has 0 saturated carbocycles. The minimum absolute atomic E-state index is 0.0576. The molecule has 0 aromatic heterocycles. The highest BCUT2D eigenvalue weighted by molar-refractivity contribution is 7.92. The number of amides is 1. The van der Waals surface area contributed by atoms with E-state index in [0.717, 1.165) is 34.5 Å². The second kappa shape index (κ2) is 6.99. The van der Waals surface area contributed by atoms with Crippen LogP contribution in [0.2, 0.25) is 0 Å². The Bertz CT molecular complexity index is 1250. The first kappa shape index (κ1) is 18.9. The molecule has 1 amide bonds. The van der Waals surface area contributed by atoms with Crippen molar-refractivity contribution in [2.75, 3.05) is 22.3 Å². The van der Waals surface area contributed by atoms with Crippen LogP contribution in [0.15, 0.2) is 71.6 Å². The molecule has 0 bridgehead atoms. The van der Waals surface area contributed by atoms with E-state index in [2.05, 4.69) is 0 Å². The molecule has 2 aliphatic heterocycles. The van der Waals surface area contributed by atoms with Gasteiger partial charge in [0.15, 0.2) is 0 Å². The molecule has 0 saturated heterocycles. The molecule has 0 N–H and O–H groups in total. The zero-order valence-electron chi connectivity index (χ0n) is 16.7. The molecule has 3 aromatic rings. The van der Waals surface area contributed by atoms with Gasteiger partial charge in [0.1, 0.15) is 0 Å². The van der Waals surface area contributed by atoms with E-state index in [1.807, 2.05) is 55.5 Å². The fraction of sp³-hybridized carbons (Fsp3) is 0.208. The lowest BCUT2D eigenvalue weighted by atomic mass is 10.1. The van der Waals surface area contributed by atoms with Crippen molar-refractivity contribution in [3.63, 3.8) is 0 Å². The quantitative estimate of drug-likeness (QED) is 0.647. The summed E-state index contributed by atoms with van der Waals surface area (Å²) in [5.74, 6) is -0.0576. The fourth-order valence-corrected chi connectivity index (χ4v) is 5.84. The number of carbonyl (C=O) groups excluding carboxylic acids is 1. The third kappa shape index (κ3) is 2.99. The van der Waals surface area contributed by atoms with Gasteiger partial charge in [0.2, 0.25) is 0 Å². The minimum atomic E-state index is -3.64. The molecular formula is C24H22N2O3S. The maximum atomic E-state index is 13.3. The fourth-order valence-electron chi connectivity index (χ4n) is 4.29. The van der Waals surface area contributed by atoms with Crippen molar-refractivity contribution in [2.24, 2.45) is 0 Å². The van der Waals surface area contributed by atoms with Crippen molar-refractivity contribution in [1.82, 2.24) is 0 Å². The van der Waals surface area contributed by atoms with Gasteiger partial charge in [-0.3, -0.25) is 9.10 Å². The second-order valence-corrected chi connectivity index (χ2v) is 9.68. The number of carbonyl (C=O) groups is 1. The Labute approximate surface area is 176 Å². The molecule has 5 rings (SSSR count). The van der Waals surface area contributed by atoms with E-state index < -0.39 is 10.0 Å². The number of sulfonamides is 1. The van der Waals surface area contributed by atoms with Crippen LogP contribution in [-0.2, 0) is 22.9 Å². The highest BCUT2D eigenvalue weighted by Crippen LogP contribution is 2.36. The minimum Gasteiger partial charge on any atom is -0.308 e. The van der Waals surface area contributed by atoms with Gasteiger partial charge in [0.25, 0.3) is 15.9 Å². The molecule has 2 heterocycles. The molecule has 0 radical (unpaired) electrons. The number of hydrogen-bond acceptors (Lipinski definition) is 3. The molecule has 0 fully saturated rings. The van der Waals surface area contributed by atoms with Crippen LogP contribution < -0.4 is 9.21 Å². The molecule has 0 unspecified atom stereocenters. The number of nitrogens with zero attached hydrogens (tertiary/aromatic N) is 2. The first-order valence-corrected chi connectivity index (χ1v) is 11.5. The summed E-state index contributed by atoms with van der Waals surface area (Å²) < 4.78 is 28.1. The highest BCUT2D eigenvalue weighted by atomic mass is 32.2. The second-order valence-electron chi connectivity index (χ2n) is 7.82. The first-order chi connectivity index (χ1) is 14.4.